The van der Waals surface area contributed by atoms with Crippen LogP contribution in [0.1, 0.15) is 92.9 Å². The molecular weight excluding hydrogens is 226 g/mol. The molecule has 4 radical (unpaired) electrons. The molecule has 0 bridgehead atoms. The van der Waals surface area contributed by atoms with Crippen molar-refractivity contribution in [2.75, 3.05) is 0 Å². The average Bonchev–Trinajstić information content (AvgIpc) is 2.28. The Balaban J connectivity index is 4.91. The van der Waals surface area contributed by atoms with Gasteiger partial charge in [-0.3, -0.25) is 0 Å². The molecule has 0 unspecified atom stereocenters. The zero-order valence-corrected chi connectivity index (χ0v) is 14.3. The van der Waals surface area contributed by atoms with Crippen LogP contribution in [0.5, 0.6) is 0 Å². The van der Waals surface area contributed by atoms with Gasteiger partial charge in [0.05, 0.1) is 15.7 Å². The third-order valence-electron chi connectivity index (χ3n) is 4.90. The fraction of sp³-hybridized carbons (Fsp3) is 1.00. The van der Waals surface area contributed by atoms with Crippen molar-refractivity contribution in [1.29, 1.82) is 0 Å². The molecule has 0 aromatic heterocycles. The molecular formula is C17H34B2. The Hall–Kier alpha value is 0.130. The van der Waals surface area contributed by atoms with Gasteiger partial charge in [-0.25, -0.2) is 0 Å². The normalized spacial score (nSPS) is 13.8. The van der Waals surface area contributed by atoms with E-state index in [1.807, 2.05) is 0 Å². The van der Waals surface area contributed by atoms with Crippen molar-refractivity contribution in [3.63, 3.8) is 0 Å². The van der Waals surface area contributed by atoms with Crippen molar-refractivity contribution in [2.24, 2.45) is 10.8 Å². The standard InChI is InChI=1S/C17H34B2/c1-7-9-11-13-16(6,14-12-10-8-2)17(18,19)15(3,4)5/h7-14H2,1-6H3. The molecule has 2 heteroatoms. The molecule has 0 fully saturated rings. The van der Waals surface area contributed by atoms with Crippen molar-refractivity contribution in [3.8, 4) is 0 Å². The van der Waals surface area contributed by atoms with E-state index in [1.165, 1.54) is 38.5 Å². The molecule has 0 aliphatic carbocycles. The predicted octanol–water partition coefficient (Wildman–Crippen LogP) is 5.65. The topological polar surface area (TPSA) is 0 Å². The highest BCUT2D eigenvalue weighted by Crippen LogP contribution is 2.57. The van der Waals surface area contributed by atoms with Crippen LogP contribution in [0.25, 0.3) is 0 Å². The fourth-order valence-corrected chi connectivity index (χ4v) is 2.97. The Morgan fingerprint density at radius 3 is 1.32 bits per heavy atom. The maximum Gasteiger partial charge on any atom is 0.0634 e. The molecule has 0 N–H and O–H groups in total. The summed E-state index contributed by atoms with van der Waals surface area (Å²) in [5.41, 5.74) is -0.0320. The smallest absolute Gasteiger partial charge is 0.0634 e. The Morgan fingerprint density at radius 1 is 0.684 bits per heavy atom. The fourth-order valence-electron chi connectivity index (χ4n) is 2.97. The van der Waals surface area contributed by atoms with E-state index >= 15 is 0 Å². The van der Waals surface area contributed by atoms with Crippen molar-refractivity contribution in [1.82, 2.24) is 0 Å². The van der Waals surface area contributed by atoms with E-state index in [4.69, 9.17) is 15.7 Å². The number of hydrogen-bond acceptors (Lipinski definition) is 0. The summed E-state index contributed by atoms with van der Waals surface area (Å²) in [6.45, 7) is 13.3. The van der Waals surface area contributed by atoms with Gasteiger partial charge in [-0.15, -0.1) is 0 Å². The molecule has 0 rings (SSSR count). The first-order chi connectivity index (χ1) is 8.62. The van der Waals surface area contributed by atoms with Gasteiger partial charge in [0.25, 0.3) is 0 Å². The molecule has 0 saturated carbocycles. The zero-order valence-electron chi connectivity index (χ0n) is 14.3. The van der Waals surface area contributed by atoms with Crippen LogP contribution in [0.15, 0.2) is 0 Å². The monoisotopic (exact) mass is 260 g/mol. The van der Waals surface area contributed by atoms with E-state index in [0.29, 0.717) is 0 Å². The lowest BCUT2D eigenvalue weighted by molar-refractivity contribution is 0.127. The molecule has 0 aliphatic rings. The lowest BCUT2D eigenvalue weighted by Gasteiger charge is -2.54. The Kier molecular flexibility index (Phi) is 7.84. The lowest BCUT2D eigenvalue weighted by Crippen LogP contribution is -2.44. The Bertz CT molecular complexity index is 228. The van der Waals surface area contributed by atoms with Crippen molar-refractivity contribution in [2.45, 2.75) is 98.1 Å². The van der Waals surface area contributed by atoms with Gasteiger partial charge in [0, 0.05) is 0 Å². The molecule has 108 valence electrons. The molecule has 0 saturated heterocycles. The van der Waals surface area contributed by atoms with E-state index < -0.39 is 5.21 Å². The summed E-state index contributed by atoms with van der Waals surface area (Å²) in [5.74, 6) is 0. The van der Waals surface area contributed by atoms with E-state index in [1.54, 1.807) is 0 Å². The largest absolute Gasteiger partial charge is 0.0892 e. The van der Waals surface area contributed by atoms with Crippen molar-refractivity contribution >= 4 is 15.7 Å². The van der Waals surface area contributed by atoms with E-state index in [0.717, 1.165) is 12.8 Å². The molecule has 0 atom stereocenters. The minimum atomic E-state index is -0.610. The van der Waals surface area contributed by atoms with E-state index in [9.17, 15) is 0 Å². The highest BCUT2D eigenvalue weighted by molar-refractivity contribution is 6.41. The van der Waals surface area contributed by atoms with Gasteiger partial charge in [-0.05, 0) is 23.7 Å². The van der Waals surface area contributed by atoms with Gasteiger partial charge in [-0.1, -0.05) is 85.3 Å². The highest BCUT2D eigenvalue weighted by Gasteiger charge is 2.45. The lowest BCUT2D eigenvalue weighted by atomic mass is 9.33. The molecule has 0 aliphatic heterocycles. The molecule has 0 spiro atoms. The second kappa shape index (κ2) is 7.79. The summed E-state index contributed by atoms with van der Waals surface area (Å²) >= 11 is 0. The Morgan fingerprint density at radius 2 is 1.05 bits per heavy atom. The SMILES string of the molecule is [B]C([B])(C(C)(C)C)C(C)(CCCCC)CCCCC. The first-order valence-electron chi connectivity index (χ1n) is 8.20. The molecule has 0 aromatic rings. The zero-order chi connectivity index (χ0) is 15.2. The maximum absolute atomic E-state index is 6.61. The molecule has 0 aromatic carbocycles. The molecule has 0 heterocycles. The van der Waals surface area contributed by atoms with Gasteiger partial charge in [0.15, 0.2) is 0 Å². The second-order valence-corrected chi connectivity index (χ2v) is 7.59. The van der Waals surface area contributed by atoms with Crippen molar-refractivity contribution < 1.29 is 0 Å². The quantitative estimate of drug-likeness (QED) is 0.371. The third kappa shape index (κ3) is 5.20. The molecule has 0 amide bonds. The van der Waals surface area contributed by atoms with Crippen LogP contribution in [0.4, 0.5) is 0 Å². The number of rotatable bonds is 9. The summed E-state index contributed by atoms with van der Waals surface area (Å²) in [4.78, 5) is 0. The Labute approximate surface area is 125 Å². The predicted molar refractivity (Wildman–Crippen MR) is 90.0 cm³/mol. The highest BCUT2D eigenvalue weighted by atomic mass is 14.4. The van der Waals surface area contributed by atoms with E-state index in [-0.39, 0.29) is 10.8 Å². The number of hydrogen-bond donors (Lipinski definition) is 0. The summed E-state index contributed by atoms with van der Waals surface area (Å²) in [7, 11) is 13.2. The first kappa shape index (κ1) is 19.1. The van der Waals surface area contributed by atoms with Crippen LogP contribution in [-0.4, -0.2) is 15.7 Å². The van der Waals surface area contributed by atoms with Gasteiger partial charge < -0.3 is 0 Å². The van der Waals surface area contributed by atoms with Gasteiger partial charge >= 0.3 is 0 Å². The third-order valence-corrected chi connectivity index (χ3v) is 4.90. The molecule has 0 nitrogen and oxygen atoms in total. The number of unbranched alkanes of at least 4 members (excludes halogenated alkanes) is 4. The average molecular weight is 260 g/mol. The van der Waals surface area contributed by atoms with Gasteiger partial charge in [-0.2, -0.15) is 0 Å². The van der Waals surface area contributed by atoms with Crippen LogP contribution >= 0.6 is 0 Å². The van der Waals surface area contributed by atoms with Crippen LogP contribution in [0.2, 0.25) is 5.21 Å². The van der Waals surface area contributed by atoms with Crippen LogP contribution < -0.4 is 0 Å². The van der Waals surface area contributed by atoms with E-state index in [2.05, 4.69) is 41.5 Å². The van der Waals surface area contributed by atoms with Crippen LogP contribution in [0, 0.1) is 10.8 Å². The summed E-state index contributed by atoms with van der Waals surface area (Å²) in [6.07, 6.45) is 9.85. The van der Waals surface area contributed by atoms with Crippen LogP contribution in [-0.2, 0) is 0 Å². The summed E-state index contributed by atoms with van der Waals surface area (Å²) in [6, 6.07) is 0. The van der Waals surface area contributed by atoms with Gasteiger partial charge in [0.1, 0.15) is 0 Å². The summed E-state index contributed by atoms with van der Waals surface area (Å²) < 4.78 is 0. The van der Waals surface area contributed by atoms with Crippen molar-refractivity contribution in [3.05, 3.63) is 0 Å². The maximum atomic E-state index is 6.61. The summed E-state index contributed by atoms with van der Waals surface area (Å²) in [5, 5.41) is -0.610. The second-order valence-electron chi connectivity index (χ2n) is 7.59. The van der Waals surface area contributed by atoms with Crippen LogP contribution in [0.3, 0.4) is 0 Å². The molecule has 19 heavy (non-hydrogen) atoms. The first-order valence-corrected chi connectivity index (χ1v) is 8.20. The minimum absolute atomic E-state index is 0.0373. The minimum Gasteiger partial charge on any atom is -0.0892 e. The van der Waals surface area contributed by atoms with Gasteiger partial charge in [0.2, 0.25) is 0 Å².